The number of benzene rings is 1. The van der Waals surface area contributed by atoms with Crippen LogP contribution < -0.4 is 4.74 Å². The number of hydrogen-bond acceptors (Lipinski definition) is 3. The van der Waals surface area contributed by atoms with Gasteiger partial charge in [-0.15, -0.1) is 6.58 Å². The molecule has 3 rings (SSSR count). The Balaban J connectivity index is 2.11. The smallest absolute Gasteiger partial charge is 0.226 e. The van der Waals surface area contributed by atoms with E-state index in [0.717, 1.165) is 12.2 Å². The largest absolute Gasteiger partial charge is 0.461 e. The Hall–Kier alpha value is -1.32. The van der Waals surface area contributed by atoms with E-state index in [1.165, 1.54) is 11.1 Å². The molecular weight excluding hydrogens is 240 g/mol. The van der Waals surface area contributed by atoms with E-state index in [-0.39, 0.29) is 11.7 Å². The highest BCUT2D eigenvalue weighted by molar-refractivity contribution is 5.49. The summed E-state index contributed by atoms with van der Waals surface area (Å²) in [5.41, 5.74) is 2.21. The SMILES string of the molecule is C=CC[C@@]12Oc3cc(C)ccc3[C@]1(C)C[C@@H](OC)O2. The van der Waals surface area contributed by atoms with E-state index < -0.39 is 5.79 Å². The van der Waals surface area contributed by atoms with Gasteiger partial charge in [0.05, 0.1) is 5.41 Å². The highest BCUT2D eigenvalue weighted by Crippen LogP contribution is 2.58. The lowest BCUT2D eigenvalue weighted by Gasteiger charge is -2.33. The van der Waals surface area contributed by atoms with E-state index in [4.69, 9.17) is 14.2 Å². The Morgan fingerprint density at radius 3 is 3.00 bits per heavy atom. The molecule has 2 aliphatic rings. The van der Waals surface area contributed by atoms with Gasteiger partial charge in [-0.05, 0) is 25.5 Å². The number of aryl methyl sites for hydroxylation is 1. The maximum atomic E-state index is 6.20. The van der Waals surface area contributed by atoms with Gasteiger partial charge in [-0.3, -0.25) is 0 Å². The van der Waals surface area contributed by atoms with Gasteiger partial charge >= 0.3 is 0 Å². The van der Waals surface area contributed by atoms with Crippen LogP contribution >= 0.6 is 0 Å². The van der Waals surface area contributed by atoms with Crippen molar-refractivity contribution in [3.05, 3.63) is 42.0 Å². The van der Waals surface area contributed by atoms with Crippen LogP contribution in [0, 0.1) is 6.92 Å². The van der Waals surface area contributed by atoms with E-state index in [2.05, 4.69) is 38.6 Å². The number of hydrogen-bond donors (Lipinski definition) is 0. The molecule has 0 radical (unpaired) electrons. The van der Waals surface area contributed by atoms with E-state index in [0.29, 0.717) is 6.42 Å². The van der Waals surface area contributed by atoms with Crippen molar-refractivity contribution >= 4 is 0 Å². The van der Waals surface area contributed by atoms with Gasteiger partial charge in [-0.2, -0.15) is 0 Å². The molecule has 1 aromatic rings. The molecule has 0 aromatic heterocycles. The lowest BCUT2D eigenvalue weighted by molar-refractivity contribution is -0.232. The van der Waals surface area contributed by atoms with Gasteiger partial charge in [0.25, 0.3) is 0 Å². The van der Waals surface area contributed by atoms with Crippen molar-refractivity contribution < 1.29 is 14.2 Å². The zero-order valence-corrected chi connectivity index (χ0v) is 11.7. The lowest BCUT2D eigenvalue weighted by Crippen LogP contribution is -2.46. The third-order valence-corrected chi connectivity index (χ3v) is 4.42. The Kier molecular flexibility index (Phi) is 2.73. The second-order valence-corrected chi connectivity index (χ2v) is 5.67. The first kappa shape index (κ1) is 12.7. The molecule has 0 amide bonds. The predicted octanol–water partition coefficient (Wildman–Crippen LogP) is 3.31. The number of ether oxygens (including phenoxy) is 3. The molecular formula is C16H20O3. The number of methoxy groups -OCH3 is 1. The summed E-state index contributed by atoms with van der Waals surface area (Å²) in [7, 11) is 1.67. The van der Waals surface area contributed by atoms with Crippen LogP contribution in [-0.4, -0.2) is 19.2 Å². The quantitative estimate of drug-likeness (QED) is 0.780. The van der Waals surface area contributed by atoms with Gasteiger partial charge in [-0.1, -0.05) is 18.2 Å². The second-order valence-electron chi connectivity index (χ2n) is 5.67. The van der Waals surface area contributed by atoms with Gasteiger partial charge in [0.15, 0.2) is 6.29 Å². The van der Waals surface area contributed by atoms with Crippen LogP contribution in [0.5, 0.6) is 5.75 Å². The fourth-order valence-corrected chi connectivity index (χ4v) is 3.31. The number of rotatable bonds is 3. The van der Waals surface area contributed by atoms with Crippen molar-refractivity contribution in [1.82, 2.24) is 0 Å². The molecule has 0 saturated carbocycles. The Bertz CT molecular complexity index is 525. The normalized spacial score (nSPS) is 35.6. The molecule has 19 heavy (non-hydrogen) atoms. The average Bonchev–Trinajstić information content (AvgIpc) is 2.74. The van der Waals surface area contributed by atoms with Crippen LogP contribution in [0.4, 0.5) is 0 Å². The molecule has 0 bridgehead atoms. The molecule has 0 spiro atoms. The fourth-order valence-electron chi connectivity index (χ4n) is 3.31. The molecule has 3 heteroatoms. The minimum atomic E-state index is -0.675. The third kappa shape index (κ3) is 1.58. The summed E-state index contributed by atoms with van der Waals surface area (Å²) in [4.78, 5) is 0. The van der Waals surface area contributed by atoms with Crippen molar-refractivity contribution in [3.63, 3.8) is 0 Å². The summed E-state index contributed by atoms with van der Waals surface area (Å²) < 4.78 is 17.7. The summed E-state index contributed by atoms with van der Waals surface area (Å²) in [6.45, 7) is 8.10. The topological polar surface area (TPSA) is 27.7 Å². The molecule has 0 N–H and O–H groups in total. The summed E-state index contributed by atoms with van der Waals surface area (Å²) in [5, 5.41) is 0. The molecule has 3 nitrogen and oxygen atoms in total. The first-order chi connectivity index (χ1) is 9.04. The highest BCUT2D eigenvalue weighted by Gasteiger charge is 2.64. The average molecular weight is 260 g/mol. The predicted molar refractivity (Wildman–Crippen MR) is 73.2 cm³/mol. The van der Waals surface area contributed by atoms with Gasteiger partial charge in [0.1, 0.15) is 5.75 Å². The Labute approximate surface area is 114 Å². The van der Waals surface area contributed by atoms with Crippen LogP contribution in [0.1, 0.15) is 30.9 Å². The van der Waals surface area contributed by atoms with Crippen molar-refractivity contribution in [1.29, 1.82) is 0 Å². The van der Waals surface area contributed by atoms with Crippen LogP contribution in [-0.2, 0) is 14.9 Å². The molecule has 102 valence electrons. The molecule has 0 unspecified atom stereocenters. The van der Waals surface area contributed by atoms with E-state index in [9.17, 15) is 0 Å². The summed E-state index contributed by atoms with van der Waals surface area (Å²) in [6, 6.07) is 6.35. The van der Waals surface area contributed by atoms with Crippen molar-refractivity contribution in [2.45, 2.75) is 44.2 Å². The molecule has 3 atom stereocenters. The van der Waals surface area contributed by atoms with Crippen molar-refractivity contribution in [2.75, 3.05) is 7.11 Å². The van der Waals surface area contributed by atoms with Crippen LogP contribution in [0.25, 0.3) is 0 Å². The van der Waals surface area contributed by atoms with Crippen LogP contribution in [0.3, 0.4) is 0 Å². The minimum Gasteiger partial charge on any atom is -0.461 e. The minimum absolute atomic E-state index is 0.190. The number of fused-ring (bicyclic) bond motifs is 3. The Morgan fingerprint density at radius 2 is 2.32 bits per heavy atom. The van der Waals surface area contributed by atoms with Crippen molar-refractivity contribution in [3.8, 4) is 5.75 Å². The van der Waals surface area contributed by atoms with Gasteiger partial charge in [0, 0.05) is 25.5 Å². The maximum absolute atomic E-state index is 6.20. The molecule has 2 aliphatic heterocycles. The summed E-state index contributed by atoms with van der Waals surface area (Å²) in [5.74, 6) is 0.254. The van der Waals surface area contributed by atoms with Gasteiger partial charge < -0.3 is 14.2 Å². The van der Waals surface area contributed by atoms with Crippen molar-refractivity contribution in [2.24, 2.45) is 0 Å². The standard InChI is InChI=1S/C16H20O3/c1-5-8-16-15(3,10-14(17-4)19-16)12-7-6-11(2)9-13(12)18-16/h5-7,9,14H,1,8,10H2,2-4H3/t14-,15-,16-/m0/s1. The molecule has 2 heterocycles. The summed E-state index contributed by atoms with van der Waals surface area (Å²) in [6.07, 6.45) is 3.08. The Morgan fingerprint density at radius 1 is 1.53 bits per heavy atom. The zero-order valence-electron chi connectivity index (χ0n) is 11.7. The maximum Gasteiger partial charge on any atom is 0.226 e. The first-order valence-corrected chi connectivity index (χ1v) is 6.66. The van der Waals surface area contributed by atoms with Gasteiger partial charge in [0.2, 0.25) is 5.79 Å². The van der Waals surface area contributed by atoms with Crippen LogP contribution in [0.2, 0.25) is 0 Å². The summed E-state index contributed by atoms with van der Waals surface area (Å²) >= 11 is 0. The third-order valence-electron chi connectivity index (χ3n) is 4.42. The molecule has 0 aliphatic carbocycles. The van der Waals surface area contributed by atoms with E-state index in [1.54, 1.807) is 7.11 Å². The monoisotopic (exact) mass is 260 g/mol. The zero-order chi connectivity index (χ0) is 13.7. The van der Waals surface area contributed by atoms with E-state index in [1.807, 2.05) is 6.08 Å². The second kappa shape index (κ2) is 4.09. The fraction of sp³-hybridized carbons (Fsp3) is 0.500. The first-order valence-electron chi connectivity index (χ1n) is 6.66. The highest BCUT2D eigenvalue weighted by atomic mass is 16.8. The van der Waals surface area contributed by atoms with E-state index >= 15 is 0 Å². The molecule has 1 aromatic carbocycles. The van der Waals surface area contributed by atoms with Gasteiger partial charge in [-0.25, -0.2) is 0 Å². The molecule has 1 saturated heterocycles. The lowest BCUT2D eigenvalue weighted by atomic mass is 9.74. The molecule has 1 fully saturated rings. The van der Waals surface area contributed by atoms with Crippen LogP contribution in [0.15, 0.2) is 30.9 Å².